The summed E-state index contributed by atoms with van der Waals surface area (Å²) in [6, 6.07) is 13.1. The molecule has 0 spiro atoms. The molecule has 1 aliphatic rings. The first-order chi connectivity index (χ1) is 12.5. The van der Waals surface area contributed by atoms with Crippen molar-refractivity contribution < 1.29 is 18.8 Å². The second kappa shape index (κ2) is 7.15. The Morgan fingerprint density at radius 2 is 1.88 bits per heavy atom. The van der Waals surface area contributed by atoms with Gasteiger partial charge in [-0.25, -0.2) is 9.18 Å². The number of ketones is 1. The number of hydrogen-bond acceptors (Lipinski definition) is 4. The van der Waals surface area contributed by atoms with Gasteiger partial charge in [0, 0.05) is 5.56 Å². The van der Waals surface area contributed by atoms with Gasteiger partial charge in [-0.1, -0.05) is 12.1 Å². The van der Waals surface area contributed by atoms with Crippen molar-refractivity contribution in [3.05, 3.63) is 71.0 Å². The molecule has 0 unspecified atom stereocenters. The first-order valence-electron chi connectivity index (χ1n) is 7.85. The van der Waals surface area contributed by atoms with Gasteiger partial charge < -0.3 is 4.90 Å². The van der Waals surface area contributed by atoms with Crippen LogP contribution in [0.25, 0.3) is 0 Å². The van der Waals surface area contributed by atoms with Gasteiger partial charge in [0.15, 0.2) is 5.78 Å². The highest BCUT2D eigenvalue weighted by Gasteiger charge is 2.36. The Kier molecular flexibility index (Phi) is 4.76. The number of benzene rings is 2. The van der Waals surface area contributed by atoms with Crippen molar-refractivity contribution >= 4 is 17.7 Å². The maximum Gasteiger partial charge on any atom is 0.327 e. The number of nitrogens with zero attached hydrogens (tertiary/aromatic N) is 3. The lowest BCUT2D eigenvalue weighted by atomic mass is 10.1. The van der Waals surface area contributed by atoms with E-state index >= 15 is 0 Å². The number of Topliss-reactive ketones (excluding diaryl/α,β-unsaturated/α-hetero) is 1. The maximum absolute atomic E-state index is 12.9. The number of rotatable bonds is 5. The van der Waals surface area contributed by atoms with Crippen molar-refractivity contribution in [3.63, 3.8) is 0 Å². The van der Waals surface area contributed by atoms with Gasteiger partial charge in [0.2, 0.25) is 0 Å². The van der Waals surface area contributed by atoms with Crippen LogP contribution in [0.4, 0.5) is 9.18 Å². The normalized spacial score (nSPS) is 13.8. The molecular weight excluding hydrogens is 337 g/mol. The summed E-state index contributed by atoms with van der Waals surface area (Å²) in [5, 5.41) is 8.93. The number of nitriles is 1. The molecule has 1 fully saturated rings. The largest absolute Gasteiger partial charge is 0.327 e. The number of imide groups is 1. The highest BCUT2D eigenvalue weighted by Crippen LogP contribution is 2.16. The third kappa shape index (κ3) is 3.59. The van der Waals surface area contributed by atoms with E-state index in [1.54, 1.807) is 24.3 Å². The van der Waals surface area contributed by atoms with Gasteiger partial charge in [-0.2, -0.15) is 5.26 Å². The topological polar surface area (TPSA) is 81.5 Å². The Morgan fingerprint density at radius 1 is 1.15 bits per heavy atom. The van der Waals surface area contributed by atoms with Crippen molar-refractivity contribution in [2.24, 2.45) is 0 Å². The zero-order valence-electron chi connectivity index (χ0n) is 13.7. The smallest absolute Gasteiger partial charge is 0.307 e. The minimum Gasteiger partial charge on any atom is -0.307 e. The molecule has 1 heterocycles. The number of amides is 3. The maximum atomic E-state index is 12.9. The molecule has 130 valence electrons. The van der Waals surface area contributed by atoms with E-state index in [1.807, 2.05) is 6.07 Å². The van der Waals surface area contributed by atoms with Gasteiger partial charge in [-0.05, 0) is 42.0 Å². The predicted octanol–water partition coefficient (Wildman–Crippen LogP) is 2.34. The minimum atomic E-state index is -0.562. The van der Waals surface area contributed by atoms with E-state index < -0.39 is 17.8 Å². The summed E-state index contributed by atoms with van der Waals surface area (Å²) >= 11 is 0. The predicted molar refractivity (Wildman–Crippen MR) is 89.4 cm³/mol. The van der Waals surface area contributed by atoms with Gasteiger partial charge in [0.1, 0.15) is 12.4 Å². The summed E-state index contributed by atoms with van der Waals surface area (Å²) in [7, 11) is 0. The van der Waals surface area contributed by atoms with Crippen LogP contribution in [0.1, 0.15) is 21.5 Å². The summed E-state index contributed by atoms with van der Waals surface area (Å²) in [6.07, 6.45) is 0. The molecule has 0 bridgehead atoms. The summed E-state index contributed by atoms with van der Waals surface area (Å²) < 4.78 is 12.9. The molecule has 26 heavy (non-hydrogen) atoms. The Labute approximate surface area is 149 Å². The van der Waals surface area contributed by atoms with Crippen LogP contribution in [0.3, 0.4) is 0 Å². The van der Waals surface area contributed by atoms with Gasteiger partial charge in [0.05, 0.1) is 24.7 Å². The molecule has 0 aromatic heterocycles. The van der Waals surface area contributed by atoms with Crippen molar-refractivity contribution in [1.29, 1.82) is 5.26 Å². The lowest BCUT2D eigenvalue weighted by molar-refractivity contribution is -0.125. The number of carbonyl (C=O) groups is 3. The van der Waals surface area contributed by atoms with E-state index in [0.29, 0.717) is 11.1 Å². The molecule has 6 nitrogen and oxygen atoms in total. The summed E-state index contributed by atoms with van der Waals surface area (Å²) in [5.41, 5.74) is 1.36. The van der Waals surface area contributed by atoms with Gasteiger partial charge in [0.25, 0.3) is 5.91 Å². The van der Waals surface area contributed by atoms with Crippen molar-refractivity contribution in [2.75, 3.05) is 13.1 Å². The molecule has 7 heteroatoms. The molecule has 3 amide bonds. The van der Waals surface area contributed by atoms with Gasteiger partial charge in [-0.15, -0.1) is 0 Å². The Bertz CT molecular complexity index is 918. The number of halogens is 1. The van der Waals surface area contributed by atoms with Crippen LogP contribution in [-0.4, -0.2) is 40.6 Å². The fraction of sp³-hybridized carbons (Fsp3) is 0.158. The molecule has 0 atom stereocenters. The van der Waals surface area contributed by atoms with Crippen LogP contribution in [-0.2, 0) is 11.3 Å². The summed E-state index contributed by atoms with van der Waals surface area (Å²) in [5.74, 6) is -1.25. The van der Waals surface area contributed by atoms with Gasteiger partial charge in [-0.3, -0.25) is 14.5 Å². The summed E-state index contributed by atoms with van der Waals surface area (Å²) in [4.78, 5) is 39.0. The molecule has 1 aliphatic heterocycles. The zero-order chi connectivity index (χ0) is 18.7. The first kappa shape index (κ1) is 17.3. The van der Waals surface area contributed by atoms with Crippen LogP contribution in [0.2, 0.25) is 0 Å². The van der Waals surface area contributed by atoms with Gasteiger partial charge >= 0.3 is 6.03 Å². The second-order valence-corrected chi connectivity index (χ2v) is 5.86. The number of urea groups is 1. The van der Waals surface area contributed by atoms with E-state index in [4.69, 9.17) is 5.26 Å². The van der Waals surface area contributed by atoms with E-state index in [2.05, 4.69) is 0 Å². The van der Waals surface area contributed by atoms with E-state index in [9.17, 15) is 18.8 Å². The SMILES string of the molecule is N#Cc1cccc(CN2C(=O)CN(CC(=O)c3ccc(F)cc3)C2=O)c1. The molecule has 2 aromatic carbocycles. The van der Waals surface area contributed by atoms with Crippen molar-refractivity contribution in [2.45, 2.75) is 6.54 Å². The highest BCUT2D eigenvalue weighted by molar-refractivity contribution is 6.05. The quantitative estimate of drug-likeness (QED) is 0.612. The van der Waals surface area contributed by atoms with Crippen molar-refractivity contribution in [1.82, 2.24) is 9.80 Å². The number of carbonyl (C=O) groups excluding carboxylic acids is 3. The molecule has 3 rings (SSSR count). The van der Waals surface area contributed by atoms with Crippen molar-refractivity contribution in [3.8, 4) is 6.07 Å². The molecule has 0 radical (unpaired) electrons. The average molecular weight is 351 g/mol. The van der Waals surface area contributed by atoms with Crippen LogP contribution in [0.15, 0.2) is 48.5 Å². The fourth-order valence-corrected chi connectivity index (χ4v) is 2.70. The Hall–Kier alpha value is -3.53. The lowest BCUT2D eigenvalue weighted by Crippen LogP contribution is -2.35. The van der Waals surface area contributed by atoms with E-state index in [-0.39, 0.29) is 31.0 Å². The molecule has 0 aliphatic carbocycles. The zero-order valence-corrected chi connectivity index (χ0v) is 13.7. The molecule has 0 saturated carbocycles. The standard InChI is InChI=1S/C19H14FN3O3/c20-16-6-4-15(5-7-16)17(24)11-22-12-18(25)23(19(22)26)10-14-3-1-2-13(8-14)9-21/h1-8H,10-12H2. The highest BCUT2D eigenvalue weighted by atomic mass is 19.1. The van der Waals surface area contributed by atoms with Crippen LogP contribution >= 0.6 is 0 Å². The third-order valence-electron chi connectivity index (χ3n) is 4.03. The average Bonchev–Trinajstić information content (AvgIpc) is 2.90. The Morgan fingerprint density at radius 3 is 2.58 bits per heavy atom. The second-order valence-electron chi connectivity index (χ2n) is 5.86. The minimum absolute atomic E-state index is 0.0361. The molecule has 0 N–H and O–H groups in total. The van der Waals surface area contributed by atoms with Crippen LogP contribution in [0, 0.1) is 17.1 Å². The third-order valence-corrected chi connectivity index (χ3v) is 4.03. The van der Waals surface area contributed by atoms with Crippen LogP contribution in [0.5, 0.6) is 0 Å². The Balaban J connectivity index is 1.69. The monoisotopic (exact) mass is 351 g/mol. The van der Waals surface area contributed by atoms with Crippen LogP contribution < -0.4 is 0 Å². The first-order valence-corrected chi connectivity index (χ1v) is 7.85. The summed E-state index contributed by atoms with van der Waals surface area (Å²) in [6.45, 7) is -0.414. The lowest BCUT2D eigenvalue weighted by Gasteiger charge is -2.16. The molecule has 1 saturated heterocycles. The fourth-order valence-electron chi connectivity index (χ4n) is 2.70. The number of hydrogen-bond donors (Lipinski definition) is 0. The van der Waals surface area contributed by atoms with E-state index in [1.165, 1.54) is 24.3 Å². The molecular formula is C19H14FN3O3. The molecule has 2 aromatic rings. The van der Waals surface area contributed by atoms with E-state index in [0.717, 1.165) is 9.80 Å².